The highest BCUT2D eigenvalue weighted by atomic mass is 32.1. The van der Waals surface area contributed by atoms with Crippen LogP contribution in [0.3, 0.4) is 0 Å². The molecule has 1 saturated heterocycles. The first-order valence-corrected chi connectivity index (χ1v) is 17.8. The number of methoxy groups -OCH3 is 2. The predicted octanol–water partition coefficient (Wildman–Crippen LogP) is 7.03. The molecule has 2 atom stereocenters. The lowest BCUT2D eigenvalue weighted by Crippen LogP contribution is -2.22. The van der Waals surface area contributed by atoms with Gasteiger partial charge in [0.1, 0.15) is 11.6 Å². The molecule has 0 spiro atoms. The van der Waals surface area contributed by atoms with E-state index in [4.69, 9.17) is 23.9 Å². The number of fused-ring (bicyclic) bond motifs is 5. The Kier molecular flexibility index (Phi) is 7.60. The number of hydrogen-bond acceptors (Lipinski definition) is 10. The summed E-state index contributed by atoms with van der Waals surface area (Å²) in [5, 5.41) is 11.3. The van der Waals surface area contributed by atoms with Gasteiger partial charge in [-0.3, -0.25) is 9.78 Å². The van der Waals surface area contributed by atoms with Crippen molar-refractivity contribution in [3.8, 4) is 33.4 Å². The Bertz CT molecular complexity index is 2420. The molecule has 0 unspecified atom stereocenters. The van der Waals surface area contributed by atoms with Gasteiger partial charge < -0.3 is 24.1 Å². The van der Waals surface area contributed by atoms with Crippen LogP contribution in [0.4, 0.5) is 10.2 Å². The van der Waals surface area contributed by atoms with E-state index in [9.17, 15) is 14.0 Å². The van der Waals surface area contributed by atoms with E-state index in [0.29, 0.717) is 41.8 Å². The molecule has 0 saturated carbocycles. The van der Waals surface area contributed by atoms with Crippen molar-refractivity contribution in [2.75, 3.05) is 26.1 Å². The lowest BCUT2D eigenvalue weighted by atomic mass is 9.93. The average molecular weight is 705 g/mol. The van der Waals surface area contributed by atoms with Crippen molar-refractivity contribution < 1.29 is 23.1 Å². The molecule has 51 heavy (non-hydrogen) atoms. The minimum atomic E-state index is -0.716. The first kappa shape index (κ1) is 31.4. The maximum Gasteiger partial charge on any atom is 0.434 e. The van der Waals surface area contributed by atoms with Gasteiger partial charge in [-0.1, -0.05) is 18.2 Å². The number of nitrogens with zero attached hydrogens (tertiary/aromatic N) is 4. The first-order valence-electron chi connectivity index (χ1n) is 17.0. The van der Waals surface area contributed by atoms with Crippen LogP contribution in [0, 0.1) is 5.82 Å². The molecule has 1 fully saturated rings. The molecule has 6 heterocycles. The van der Waals surface area contributed by atoms with Crippen molar-refractivity contribution in [3.05, 3.63) is 105 Å². The summed E-state index contributed by atoms with van der Waals surface area (Å²) in [5.74, 6) is 0.592. The Morgan fingerprint density at radius 3 is 2.73 bits per heavy atom. The number of amides is 1. The second-order valence-corrected chi connectivity index (χ2v) is 14.1. The largest absolute Gasteiger partial charge is 0.496 e. The third-order valence-electron chi connectivity index (χ3n) is 10.3. The Morgan fingerprint density at radius 1 is 1.04 bits per heavy atom. The number of carbonyl (C=O) groups excluding carboxylic acids is 1. The number of aromatic amines is 1. The Hall–Kier alpha value is -5.56. The van der Waals surface area contributed by atoms with Crippen LogP contribution in [0.2, 0.25) is 0 Å². The molecule has 11 nitrogen and oxygen atoms in total. The fraction of sp³-hybridized carbons (Fsp3) is 0.289. The standard InChI is InChI=1S/C38H33FN6O5S/c1-48-27-7-3-5-21-22(27)10-12-24(21)42-35-34-20(14-15-40-35)18-29(51-34)31-30(36-43-44-38(47)50-36)25(11-8-19-9-13-28(49-2)23(39)17-19)41-33-26-6-4-16-45(26)37(46)32(31)33/h3,5,7,9,13-15,17-18,24,26H,4,6,8,10-12,16H2,1-2H3,(H,40,42)(H,44,47)/t24-,26-/m1/s1. The number of ether oxygens (including phenoxy) is 2. The molecule has 2 aliphatic heterocycles. The second kappa shape index (κ2) is 12.3. The Labute approximate surface area is 295 Å². The number of anilines is 1. The number of carbonyl (C=O) groups is 1. The number of nitrogens with one attached hydrogen (secondary N) is 2. The predicted molar refractivity (Wildman–Crippen MR) is 190 cm³/mol. The maximum absolute atomic E-state index is 14.7. The van der Waals surface area contributed by atoms with Crippen LogP contribution >= 0.6 is 11.3 Å². The molecule has 3 aliphatic rings. The van der Waals surface area contributed by atoms with Crippen molar-refractivity contribution in [1.82, 2.24) is 25.1 Å². The second-order valence-electron chi connectivity index (χ2n) is 13.1. The number of H-pyrrole nitrogens is 1. The van der Waals surface area contributed by atoms with Crippen LogP contribution in [0.15, 0.2) is 63.9 Å². The van der Waals surface area contributed by atoms with Crippen molar-refractivity contribution in [1.29, 1.82) is 0 Å². The summed E-state index contributed by atoms with van der Waals surface area (Å²) in [5.41, 5.74) is 6.09. The van der Waals surface area contributed by atoms with E-state index in [0.717, 1.165) is 63.5 Å². The van der Waals surface area contributed by atoms with Gasteiger partial charge >= 0.3 is 5.76 Å². The topological polar surface area (TPSA) is 135 Å². The molecule has 2 N–H and O–H groups in total. The van der Waals surface area contributed by atoms with E-state index in [2.05, 4.69) is 27.6 Å². The third kappa shape index (κ3) is 5.17. The number of rotatable bonds is 9. The summed E-state index contributed by atoms with van der Waals surface area (Å²) >= 11 is 1.52. The summed E-state index contributed by atoms with van der Waals surface area (Å²) < 4.78 is 32.0. The van der Waals surface area contributed by atoms with Crippen molar-refractivity contribution in [2.24, 2.45) is 0 Å². The van der Waals surface area contributed by atoms with Crippen LogP contribution in [0.5, 0.6) is 11.5 Å². The number of aromatic nitrogens is 4. The van der Waals surface area contributed by atoms with Gasteiger partial charge in [-0.05, 0) is 90.9 Å². The monoisotopic (exact) mass is 704 g/mol. The lowest BCUT2D eigenvalue weighted by Gasteiger charge is -2.16. The van der Waals surface area contributed by atoms with Gasteiger partial charge in [0, 0.05) is 23.2 Å². The average Bonchev–Trinajstić information content (AvgIpc) is 3.98. The lowest BCUT2D eigenvalue weighted by molar-refractivity contribution is 0.0776. The zero-order chi connectivity index (χ0) is 34.8. The molecule has 2 aromatic carbocycles. The molecule has 4 aromatic heterocycles. The molecular weight excluding hydrogens is 672 g/mol. The fourth-order valence-corrected chi connectivity index (χ4v) is 9.16. The number of thiophene rings is 1. The van der Waals surface area contributed by atoms with Gasteiger partial charge in [0.05, 0.1) is 53.5 Å². The van der Waals surface area contributed by atoms with Crippen molar-refractivity contribution in [2.45, 2.75) is 50.6 Å². The number of halogens is 1. The van der Waals surface area contributed by atoms with E-state index in [-0.39, 0.29) is 29.6 Å². The maximum atomic E-state index is 14.7. The highest BCUT2D eigenvalue weighted by Crippen LogP contribution is 2.50. The van der Waals surface area contributed by atoms with Crippen LogP contribution < -0.4 is 20.5 Å². The quantitative estimate of drug-likeness (QED) is 0.163. The Balaban J connectivity index is 1.19. The minimum absolute atomic E-state index is 0.0477. The molecule has 258 valence electrons. The zero-order valence-corrected chi connectivity index (χ0v) is 28.7. The van der Waals surface area contributed by atoms with E-state index in [1.54, 1.807) is 19.4 Å². The normalized spacial score (nSPS) is 17.5. The number of pyridine rings is 2. The van der Waals surface area contributed by atoms with Crippen LogP contribution in [0.1, 0.15) is 69.8 Å². The first-order chi connectivity index (χ1) is 24.9. The summed E-state index contributed by atoms with van der Waals surface area (Å²) in [6.45, 7) is 0.643. The number of hydrogen-bond donors (Lipinski definition) is 2. The third-order valence-corrected chi connectivity index (χ3v) is 11.5. The molecule has 6 aromatic rings. The number of benzene rings is 2. The Morgan fingerprint density at radius 2 is 1.92 bits per heavy atom. The summed E-state index contributed by atoms with van der Waals surface area (Å²) in [4.78, 5) is 39.2. The van der Waals surface area contributed by atoms with E-state index in [1.165, 1.54) is 35.6 Å². The zero-order valence-electron chi connectivity index (χ0n) is 27.9. The van der Waals surface area contributed by atoms with Gasteiger partial charge in [-0.2, -0.15) is 0 Å². The summed E-state index contributed by atoms with van der Waals surface area (Å²) in [6, 6.07) is 14.9. The van der Waals surface area contributed by atoms with Crippen molar-refractivity contribution in [3.63, 3.8) is 0 Å². The van der Waals surface area contributed by atoms with Gasteiger partial charge in [0.15, 0.2) is 11.6 Å². The smallest absolute Gasteiger partial charge is 0.434 e. The SMILES string of the molecule is COc1ccc(CCc2nc3c(c(-c4cc5ccnc(N[C@@H]6CCc7c(OC)cccc76)c5s4)c2-c2n[nH]c(=O)o2)C(=O)N2CCC[C@H]32)cc1F. The van der Waals surface area contributed by atoms with Gasteiger partial charge in [0.25, 0.3) is 11.8 Å². The number of aryl methyl sites for hydroxylation is 2. The van der Waals surface area contributed by atoms with E-state index < -0.39 is 11.6 Å². The van der Waals surface area contributed by atoms with Crippen LogP contribution in [0.25, 0.3) is 32.0 Å². The van der Waals surface area contributed by atoms with Gasteiger partial charge in [0.2, 0.25) is 0 Å². The van der Waals surface area contributed by atoms with Crippen LogP contribution in [-0.4, -0.2) is 51.7 Å². The van der Waals surface area contributed by atoms with Gasteiger partial charge in [-0.15, -0.1) is 16.4 Å². The summed E-state index contributed by atoms with van der Waals surface area (Å²) in [6.07, 6.45) is 6.10. The minimum Gasteiger partial charge on any atom is -0.496 e. The van der Waals surface area contributed by atoms with E-state index in [1.807, 2.05) is 29.2 Å². The van der Waals surface area contributed by atoms with E-state index >= 15 is 0 Å². The summed E-state index contributed by atoms with van der Waals surface area (Å²) in [7, 11) is 3.13. The van der Waals surface area contributed by atoms with Gasteiger partial charge in [-0.25, -0.2) is 19.3 Å². The molecule has 9 rings (SSSR count). The molecule has 0 radical (unpaired) electrons. The van der Waals surface area contributed by atoms with Crippen molar-refractivity contribution >= 4 is 33.1 Å². The van der Waals surface area contributed by atoms with Crippen LogP contribution in [-0.2, 0) is 19.3 Å². The highest BCUT2D eigenvalue weighted by molar-refractivity contribution is 7.23. The highest BCUT2D eigenvalue weighted by Gasteiger charge is 2.45. The molecule has 0 bridgehead atoms. The fourth-order valence-electron chi connectivity index (χ4n) is 7.99. The molecule has 1 aliphatic carbocycles. The molecule has 13 heteroatoms. The molecule has 1 amide bonds. The molecular formula is C38H33FN6O5S.